The molecule has 124 valence electrons. The van der Waals surface area contributed by atoms with E-state index in [4.69, 9.17) is 0 Å². The average molecular weight is 333 g/mol. The normalized spacial score (nSPS) is 11.9. The van der Waals surface area contributed by atoms with Gasteiger partial charge in [0.15, 0.2) is 0 Å². The van der Waals surface area contributed by atoms with E-state index >= 15 is 0 Å². The van der Waals surface area contributed by atoms with Crippen molar-refractivity contribution in [2.75, 3.05) is 13.1 Å². The number of urea groups is 1. The second kappa shape index (κ2) is 9.27. The van der Waals surface area contributed by atoms with Gasteiger partial charge in [-0.2, -0.15) is 0 Å². The highest BCUT2D eigenvalue weighted by Gasteiger charge is 2.08. The first-order valence-corrected chi connectivity index (χ1v) is 8.66. The lowest BCUT2D eigenvalue weighted by atomic mass is 10.1. The number of nitrogens with zero attached hydrogens (tertiary/aromatic N) is 1. The Labute approximate surface area is 140 Å². The number of carbonyl (C=O) groups excluding carboxylic acids is 1. The maximum Gasteiger partial charge on any atom is 0.314 e. The summed E-state index contributed by atoms with van der Waals surface area (Å²) < 4.78 is 0. The number of aryl methyl sites for hydroxylation is 1. The molecule has 2 rings (SSSR count). The highest BCUT2D eigenvalue weighted by atomic mass is 32.1. The van der Waals surface area contributed by atoms with Crippen molar-refractivity contribution in [1.29, 1.82) is 0 Å². The van der Waals surface area contributed by atoms with Gasteiger partial charge in [0.1, 0.15) is 0 Å². The number of thiazole rings is 1. The Bertz CT molecular complexity index is 601. The lowest BCUT2D eigenvalue weighted by Gasteiger charge is -2.12. The van der Waals surface area contributed by atoms with Crippen molar-refractivity contribution in [3.63, 3.8) is 0 Å². The number of nitrogens with one attached hydrogen (secondary N) is 2. The van der Waals surface area contributed by atoms with Crippen LogP contribution in [0.15, 0.2) is 36.5 Å². The number of rotatable bonds is 8. The molecule has 23 heavy (non-hydrogen) atoms. The third kappa shape index (κ3) is 6.38. The largest absolute Gasteiger partial charge is 0.391 e. The zero-order chi connectivity index (χ0) is 16.5. The monoisotopic (exact) mass is 333 g/mol. The molecule has 1 unspecified atom stereocenters. The van der Waals surface area contributed by atoms with E-state index < -0.39 is 6.10 Å². The Balaban J connectivity index is 1.61. The molecule has 0 saturated heterocycles. The van der Waals surface area contributed by atoms with Crippen molar-refractivity contribution in [2.24, 2.45) is 0 Å². The predicted octanol–water partition coefficient (Wildman–Crippen LogP) is 2.15. The summed E-state index contributed by atoms with van der Waals surface area (Å²) in [5.74, 6) is 0. The number of amides is 2. The van der Waals surface area contributed by atoms with Crippen LogP contribution in [0.1, 0.15) is 22.4 Å². The van der Waals surface area contributed by atoms with Crippen LogP contribution in [-0.2, 0) is 19.3 Å². The fourth-order valence-electron chi connectivity index (χ4n) is 2.14. The van der Waals surface area contributed by atoms with Crippen LogP contribution in [0.2, 0.25) is 0 Å². The molecule has 0 aliphatic carbocycles. The zero-order valence-electron chi connectivity index (χ0n) is 13.3. The van der Waals surface area contributed by atoms with Crippen LogP contribution in [0, 0.1) is 0 Å². The molecule has 1 heterocycles. The van der Waals surface area contributed by atoms with Gasteiger partial charge in [-0.1, -0.05) is 37.3 Å². The van der Waals surface area contributed by atoms with Crippen LogP contribution in [-0.4, -0.2) is 35.3 Å². The molecular formula is C17H23N3O2S. The molecule has 0 aliphatic rings. The molecule has 5 nitrogen and oxygen atoms in total. The van der Waals surface area contributed by atoms with Gasteiger partial charge >= 0.3 is 6.03 Å². The first kappa shape index (κ1) is 17.4. The van der Waals surface area contributed by atoms with E-state index in [1.807, 2.05) is 36.5 Å². The molecule has 0 spiro atoms. The van der Waals surface area contributed by atoms with E-state index in [1.54, 1.807) is 11.3 Å². The summed E-state index contributed by atoms with van der Waals surface area (Å²) >= 11 is 1.68. The van der Waals surface area contributed by atoms with E-state index in [0.717, 1.165) is 23.4 Å². The molecule has 1 aromatic carbocycles. The standard InChI is InChI=1S/C17H23N3O2S/c1-2-15-12-19-16(23-15)8-9-18-17(22)20-11-14(21)10-13-6-4-3-5-7-13/h3-7,12,14,21H,2,8-11H2,1H3,(H2,18,20,22). The molecule has 0 aliphatic heterocycles. The van der Waals surface area contributed by atoms with Gasteiger partial charge in [-0.05, 0) is 12.0 Å². The van der Waals surface area contributed by atoms with Crippen molar-refractivity contribution in [1.82, 2.24) is 15.6 Å². The maximum atomic E-state index is 11.7. The third-order valence-corrected chi connectivity index (χ3v) is 4.59. The average Bonchev–Trinajstić information content (AvgIpc) is 3.02. The SMILES string of the molecule is CCc1cnc(CCNC(=O)NCC(O)Cc2ccccc2)s1. The van der Waals surface area contributed by atoms with Crippen LogP contribution in [0.4, 0.5) is 4.79 Å². The Morgan fingerprint density at radius 3 is 2.78 bits per heavy atom. The molecule has 6 heteroatoms. The van der Waals surface area contributed by atoms with Gasteiger partial charge < -0.3 is 15.7 Å². The van der Waals surface area contributed by atoms with Gasteiger partial charge in [0.2, 0.25) is 0 Å². The van der Waals surface area contributed by atoms with Gasteiger partial charge in [-0.25, -0.2) is 9.78 Å². The Hall–Kier alpha value is -1.92. The third-order valence-electron chi connectivity index (χ3n) is 3.39. The lowest BCUT2D eigenvalue weighted by molar-refractivity contribution is 0.170. The van der Waals surface area contributed by atoms with Crippen LogP contribution < -0.4 is 10.6 Å². The number of hydrogen-bond donors (Lipinski definition) is 3. The van der Waals surface area contributed by atoms with Crippen LogP contribution in [0.3, 0.4) is 0 Å². The van der Waals surface area contributed by atoms with Gasteiger partial charge in [-0.15, -0.1) is 11.3 Å². The highest BCUT2D eigenvalue weighted by molar-refractivity contribution is 7.11. The number of aliphatic hydroxyl groups excluding tert-OH is 1. The lowest BCUT2D eigenvalue weighted by Crippen LogP contribution is -2.41. The van der Waals surface area contributed by atoms with Crippen molar-refractivity contribution in [3.05, 3.63) is 52.0 Å². The highest BCUT2D eigenvalue weighted by Crippen LogP contribution is 2.13. The van der Waals surface area contributed by atoms with Gasteiger partial charge in [-0.3, -0.25) is 0 Å². The molecule has 0 saturated carbocycles. The zero-order valence-corrected chi connectivity index (χ0v) is 14.1. The second-order valence-electron chi connectivity index (χ2n) is 5.30. The van der Waals surface area contributed by atoms with Crippen molar-refractivity contribution >= 4 is 17.4 Å². The quantitative estimate of drug-likeness (QED) is 0.693. The van der Waals surface area contributed by atoms with Crippen LogP contribution in [0.5, 0.6) is 0 Å². The molecular weight excluding hydrogens is 310 g/mol. The molecule has 0 bridgehead atoms. The summed E-state index contributed by atoms with van der Waals surface area (Å²) in [6, 6.07) is 9.47. The molecule has 2 aromatic rings. The van der Waals surface area contributed by atoms with Gasteiger partial charge in [0, 0.05) is 37.0 Å². The first-order chi connectivity index (χ1) is 11.2. The minimum Gasteiger partial charge on any atom is -0.391 e. The van der Waals surface area contributed by atoms with E-state index in [0.29, 0.717) is 13.0 Å². The summed E-state index contributed by atoms with van der Waals surface area (Å²) in [6.07, 6.45) is 3.55. The number of aromatic nitrogens is 1. The fraction of sp³-hybridized carbons (Fsp3) is 0.412. The first-order valence-electron chi connectivity index (χ1n) is 7.84. The van der Waals surface area contributed by atoms with Gasteiger partial charge in [0.25, 0.3) is 0 Å². The predicted molar refractivity (Wildman–Crippen MR) is 92.8 cm³/mol. The molecule has 0 radical (unpaired) electrons. The number of aliphatic hydroxyl groups is 1. The fourth-order valence-corrected chi connectivity index (χ4v) is 3.00. The van der Waals surface area contributed by atoms with Crippen molar-refractivity contribution < 1.29 is 9.90 Å². The Morgan fingerprint density at radius 1 is 1.30 bits per heavy atom. The number of hydrogen-bond acceptors (Lipinski definition) is 4. The van der Waals surface area contributed by atoms with Crippen LogP contribution in [0.25, 0.3) is 0 Å². The molecule has 1 atom stereocenters. The van der Waals surface area contributed by atoms with Crippen molar-refractivity contribution in [2.45, 2.75) is 32.3 Å². The summed E-state index contributed by atoms with van der Waals surface area (Å²) in [6.45, 7) is 2.87. The number of benzene rings is 1. The number of carbonyl (C=O) groups is 1. The minimum absolute atomic E-state index is 0.234. The molecule has 1 aromatic heterocycles. The summed E-state index contributed by atoms with van der Waals surface area (Å²) in [5, 5.41) is 16.4. The van der Waals surface area contributed by atoms with E-state index in [-0.39, 0.29) is 12.6 Å². The molecule has 3 N–H and O–H groups in total. The molecule has 0 fully saturated rings. The minimum atomic E-state index is -0.589. The van der Waals surface area contributed by atoms with Gasteiger partial charge in [0.05, 0.1) is 11.1 Å². The smallest absolute Gasteiger partial charge is 0.314 e. The summed E-state index contributed by atoms with van der Waals surface area (Å²) in [5.41, 5.74) is 1.05. The summed E-state index contributed by atoms with van der Waals surface area (Å²) in [4.78, 5) is 17.3. The molecule has 2 amide bonds. The summed E-state index contributed by atoms with van der Waals surface area (Å²) in [7, 11) is 0. The van der Waals surface area contributed by atoms with E-state index in [1.165, 1.54) is 4.88 Å². The Morgan fingerprint density at radius 2 is 2.09 bits per heavy atom. The van der Waals surface area contributed by atoms with E-state index in [2.05, 4.69) is 22.5 Å². The van der Waals surface area contributed by atoms with Crippen molar-refractivity contribution in [3.8, 4) is 0 Å². The second-order valence-corrected chi connectivity index (χ2v) is 6.50. The topological polar surface area (TPSA) is 74.2 Å². The van der Waals surface area contributed by atoms with E-state index in [9.17, 15) is 9.90 Å². The Kier molecular flexibility index (Phi) is 7.03. The van der Waals surface area contributed by atoms with Crippen LogP contribution >= 0.6 is 11.3 Å². The maximum absolute atomic E-state index is 11.7.